The fourth-order valence-corrected chi connectivity index (χ4v) is 2.68. The van der Waals surface area contributed by atoms with Crippen molar-refractivity contribution < 1.29 is 9.90 Å². The van der Waals surface area contributed by atoms with Gasteiger partial charge in [-0.3, -0.25) is 9.79 Å². The quantitative estimate of drug-likeness (QED) is 0.837. The van der Waals surface area contributed by atoms with Crippen molar-refractivity contribution in [1.29, 1.82) is 0 Å². The first-order valence-electron chi connectivity index (χ1n) is 7.34. The zero-order valence-corrected chi connectivity index (χ0v) is 12.6. The molecule has 0 spiro atoms. The van der Waals surface area contributed by atoms with Crippen LogP contribution in [0.1, 0.15) is 34.8 Å². The van der Waals surface area contributed by atoms with Gasteiger partial charge < -0.3 is 5.11 Å². The number of aliphatic hydroxyl groups excluding tert-OH is 1. The molecule has 0 atom stereocenters. The minimum Gasteiger partial charge on any atom is -0.506 e. The molecule has 0 saturated heterocycles. The molecule has 0 heterocycles. The lowest BCUT2D eigenvalue weighted by molar-refractivity contribution is 0.104. The second-order valence-electron chi connectivity index (χ2n) is 5.30. The van der Waals surface area contributed by atoms with Crippen molar-refractivity contribution in [3.05, 3.63) is 70.8 Å². The second-order valence-corrected chi connectivity index (χ2v) is 5.30. The molecular formula is C19H17NO2. The fourth-order valence-electron chi connectivity index (χ4n) is 2.68. The lowest BCUT2D eigenvalue weighted by Crippen LogP contribution is -2.10. The minimum absolute atomic E-state index is 0.0368. The number of allylic oxidation sites excluding steroid dienone is 1. The Labute approximate surface area is 129 Å². The number of rotatable bonds is 3. The fraction of sp³-hybridized carbons (Fsp3) is 0.158. The summed E-state index contributed by atoms with van der Waals surface area (Å²) in [5.41, 5.74) is 3.94. The maximum Gasteiger partial charge on any atom is 0.199 e. The summed E-state index contributed by atoms with van der Waals surface area (Å²) in [6.45, 7) is 3.92. The van der Waals surface area contributed by atoms with E-state index < -0.39 is 0 Å². The van der Waals surface area contributed by atoms with E-state index in [4.69, 9.17) is 0 Å². The number of fused-ring (bicyclic) bond motifs is 1. The highest BCUT2D eigenvalue weighted by molar-refractivity contribution is 6.35. The number of aryl methyl sites for hydroxylation is 1. The molecule has 0 saturated carbocycles. The summed E-state index contributed by atoms with van der Waals surface area (Å²) < 4.78 is 0. The lowest BCUT2D eigenvalue weighted by Gasteiger charge is -2.07. The number of ketones is 1. The van der Waals surface area contributed by atoms with E-state index in [0.717, 1.165) is 11.3 Å². The Bertz CT molecular complexity index is 816. The van der Waals surface area contributed by atoms with E-state index in [2.05, 4.69) is 4.99 Å². The average Bonchev–Trinajstić information content (AvgIpc) is 2.79. The molecule has 0 aliphatic heterocycles. The van der Waals surface area contributed by atoms with E-state index in [1.807, 2.05) is 44.2 Å². The number of para-hydroxylation sites is 1. The van der Waals surface area contributed by atoms with Gasteiger partial charge in [-0.2, -0.15) is 0 Å². The molecule has 0 bridgehead atoms. The van der Waals surface area contributed by atoms with E-state index in [-0.39, 0.29) is 11.5 Å². The van der Waals surface area contributed by atoms with Gasteiger partial charge in [-0.25, -0.2) is 0 Å². The van der Waals surface area contributed by atoms with E-state index in [1.54, 1.807) is 18.2 Å². The SMILES string of the molecule is CCC(=Nc1ccccc1C)C1=C(O)c2ccccc2C1=O. The molecule has 3 heteroatoms. The van der Waals surface area contributed by atoms with E-state index in [9.17, 15) is 9.90 Å². The van der Waals surface area contributed by atoms with Crippen LogP contribution in [0.5, 0.6) is 0 Å². The Balaban J connectivity index is 2.12. The summed E-state index contributed by atoms with van der Waals surface area (Å²) in [5.74, 6) is -0.114. The van der Waals surface area contributed by atoms with Gasteiger partial charge in [-0.05, 0) is 25.0 Å². The summed E-state index contributed by atoms with van der Waals surface area (Å²) in [6.07, 6.45) is 0.577. The molecular weight excluding hydrogens is 274 g/mol. The van der Waals surface area contributed by atoms with Crippen molar-refractivity contribution in [2.24, 2.45) is 4.99 Å². The van der Waals surface area contributed by atoms with Crippen LogP contribution in [0.2, 0.25) is 0 Å². The Hall–Kier alpha value is -2.68. The van der Waals surface area contributed by atoms with Crippen molar-refractivity contribution in [3.63, 3.8) is 0 Å². The predicted octanol–water partition coefficient (Wildman–Crippen LogP) is 4.64. The van der Waals surface area contributed by atoms with Gasteiger partial charge in [-0.15, -0.1) is 0 Å². The second kappa shape index (κ2) is 5.60. The normalized spacial score (nSPS) is 14.5. The predicted molar refractivity (Wildman–Crippen MR) is 88.9 cm³/mol. The maximum atomic E-state index is 12.6. The first-order valence-corrected chi connectivity index (χ1v) is 7.34. The zero-order valence-electron chi connectivity index (χ0n) is 12.6. The molecule has 1 N–H and O–H groups in total. The van der Waals surface area contributed by atoms with E-state index in [0.29, 0.717) is 28.8 Å². The maximum absolute atomic E-state index is 12.6. The summed E-state index contributed by atoms with van der Waals surface area (Å²) in [5, 5.41) is 10.4. The summed E-state index contributed by atoms with van der Waals surface area (Å²) in [7, 11) is 0. The molecule has 1 aliphatic rings. The number of benzene rings is 2. The van der Waals surface area contributed by atoms with Crippen molar-refractivity contribution in [2.45, 2.75) is 20.3 Å². The third kappa shape index (κ3) is 2.25. The highest BCUT2D eigenvalue weighted by Crippen LogP contribution is 2.33. The van der Waals surface area contributed by atoms with Gasteiger partial charge in [-0.1, -0.05) is 49.4 Å². The van der Waals surface area contributed by atoms with Gasteiger partial charge in [0.1, 0.15) is 5.76 Å². The van der Waals surface area contributed by atoms with Crippen molar-refractivity contribution in [1.82, 2.24) is 0 Å². The minimum atomic E-state index is -0.151. The van der Waals surface area contributed by atoms with Crippen LogP contribution in [-0.4, -0.2) is 16.6 Å². The average molecular weight is 291 g/mol. The van der Waals surface area contributed by atoms with Crippen LogP contribution in [-0.2, 0) is 0 Å². The van der Waals surface area contributed by atoms with Gasteiger partial charge in [0, 0.05) is 11.1 Å². The number of Topliss-reactive ketones (excluding diaryl/α,β-unsaturated/α-hetero) is 1. The van der Waals surface area contributed by atoms with Crippen molar-refractivity contribution in [3.8, 4) is 0 Å². The lowest BCUT2D eigenvalue weighted by atomic mass is 10.0. The largest absolute Gasteiger partial charge is 0.506 e. The van der Waals surface area contributed by atoms with E-state index >= 15 is 0 Å². The van der Waals surface area contributed by atoms with Crippen LogP contribution in [0.15, 0.2) is 59.1 Å². The molecule has 0 aromatic heterocycles. The van der Waals surface area contributed by atoms with Crippen LogP contribution in [0, 0.1) is 6.92 Å². The first kappa shape index (κ1) is 14.3. The van der Waals surface area contributed by atoms with Crippen molar-refractivity contribution >= 4 is 22.9 Å². The molecule has 3 nitrogen and oxygen atoms in total. The number of hydrogen-bond acceptors (Lipinski definition) is 3. The first-order chi connectivity index (χ1) is 10.6. The molecule has 2 aromatic carbocycles. The molecule has 0 unspecified atom stereocenters. The van der Waals surface area contributed by atoms with Crippen LogP contribution in [0.3, 0.4) is 0 Å². The number of nitrogens with zero attached hydrogens (tertiary/aromatic N) is 1. The van der Waals surface area contributed by atoms with Gasteiger partial charge in [0.2, 0.25) is 0 Å². The standard InChI is InChI=1S/C19H17NO2/c1-3-15(20-16-11-7-4-8-12(16)2)17-18(21)13-9-5-6-10-14(13)19(17)22/h4-11,21H,3H2,1-2H3. The highest BCUT2D eigenvalue weighted by Gasteiger charge is 2.31. The smallest absolute Gasteiger partial charge is 0.199 e. The summed E-state index contributed by atoms with van der Waals surface area (Å²) in [4.78, 5) is 17.2. The zero-order chi connectivity index (χ0) is 15.7. The number of carbonyl (C=O) groups is 1. The van der Waals surface area contributed by atoms with Gasteiger partial charge in [0.25, 0.3) is 0 Å². The third-order valence-corrected chi connectivity index (χ3v) is 3.89. The topological polar surface area (TPSA) is 49.7 Å². The Morgan fingerprint density at radius 2 is 1.68 bits per heavy atom. The molecule has 2 aromatic rings. The number of carbonyl (C=O) groups excluding carboxylic acids is 1. The molecule has 1 aliphatic carbocycles. The van der Waals surface area contributed by atoms with Crippen molar-refractivity contribution in [2.75, 3.05) is 0 Å². The van der Waals surface area contributed by atoms with Gasteiger partial charge in [0.15, 0.2) is 5.78 Å². The Morgan fingerprint density at radius 1 is 1.05 bits per heavy atom. The van der Waals surface area contributed by atoms with Crippen LogP contribution in [0.25, 0.3) is 5.76 Å². The van der Waals surface area contributed by atoms with E-state index in [1.165, 1.54) is 0 Å². The Morgan fingerprint density at radius 3 is 2.32 bits per heavy atom. The number of aliphatic hydroxyl groups is 1. The van der Waals surface area contributed by atoms with Gasteiger partial charge in [0.05, 0.1) is 17.0 Å². The molecule has 0 amide bonds. The summed E-state index contributed by atoms with van der Waals surface area (Å²) in [6, 6.07) is 14.9. The third-order valence-electron chi connectivity index (χ3n) is 3.89. The molecule has 0 radical (unpaired) electrons. The summed E-state index contributed by atoms with van der Waals surface area (Å²) >= 11 is 0. The monoisotopic (exact) mass is 291 g/mol. The number of aliphatic imine (C=N–C) groups is 1. The molecule has 0 fully saturated rings. The molecule has 22 heavy (non-hydrogen) atoms. The Kier molecular flexibility index (Phi) is 3.63. The molecule has 110 valence electrons. The molecule has 3 rings (SSSR count). The van der Waals surface area contributed by atoms with Gasteiger partial charge >= 0.3 is 0 Å². The van der Waals surface area contributed by atoms with Crippen LogP contribution < -0.4 is 0 Å². The number of hydrogen-bond donors (Lipinski definition) is 1. The van der Waals surface area contributed by atoms with Crippen LogP contribution in [0.4, 0.5) is 5.69 Å². The highest BCUT2D eigenvalue weighted by atomic mass is 16.3. The van der Waals surface area contributed by atoms with Crippen LogP contribution >= 0.6 is 0 Å².